The lowest BCUT2D eigenvalue weighted by atomic mass is 9.76. The van der Waals surface area contributed by atoms with Crippen molar-refractivity contribution in [1.82, 2.24) is 0 Å². The molecule has 1 atom stereocenters. The maximum Gasteiger partial charge on any atom is 0.314 e. The summed E-state index contributed by atoms with van der Waals surface area (Å²) < 4.78 is 5.42. The summed E-state index contributed by atoms with van der Waals surface area (Å²) in [5, 5.41) is 9.74. The van der Waals surface area contributed by atoms with Gasteiger partial charge in [0.1, 0.15) is 0 Å². The Morgan fingerprint density at radius 1 is 1.42 bits per heavy atom. The van der Waals surface area contributed by atoms with Crippen molar-refractivity contribution in [2.75, 3.05) is 7.11 Å². The van der Waals surface area contributed by atoms with Gasteiger partial charge < -0.3 is 9.84 Å². The molecule has 1 aromatic rings. The first kappa shape index (κ1) is 14.1. The van der Waals surface area contributed by atoms with Crippen LogP contribution in [0.25, 0.3) is 0 Å². The molecule has 0 heterocycles. The van der Waals surface area contributed by atoms with E-state index < -0.39 is 11.4 Å². The molecule has 1 aromatic carbocycles. The third-order valence-corrected chi connectivity index (χ3v) is 4.47. The van der Waals surface area contributed by atoms with Gasteiger partial charge in [0.2, 0.25) is 0 Å². The van der Waals surface area contributed by atoms with Crippen molar-refractivity contribution in [3.8, 4) is 0 Å². The third-order valence-electron chi connectivity index (χ3n) is 4.47. The number of methoxy groups -OCH3 is 1. The van der Waals surface area contributed by atoms with Crippen LogP contribution in [0.1, 0.15) is 44.2 Å². The summed E-state index contributed by atoms with van der Waals surface area (Å²) in [7, 11) is 1.68. The average molecular weight is 262 g/mol. The van der Waals surface area contributed by atoms with Crippen molar-refractivity contribution in [3.63, 3.8) is 0 Å². The number of carboxylic acids is 1. The zero-order chi connectivity index (χ0) is 14.1. The molecule has 0 fully saturated rings. The number of aryl methyl sites for hydroxylation is 1. The van der Waals surface area contributed by atoms with Gasteiger partial charge in [-0.1, -0.05) is 24.3 Å². The van der Waals surface area contributed by atoms with E-state index in [1.54, 1.807) is 7.11 Å². The highest BCUT2D eigenvalue weighted by atomic mass is 16.5. The Morgan fingerprint density at radius 3 is 2.74 bits per heavy atom. The number of carbonyl (C=O) groups is 1. The summed E-state index contributed by atoms with van der Waals surface area (Å²) in [6.45, 7) is 4.01. The predicted octanol–water partition coefficient (Wildman–Crippen LogP) is 3.16. The van der Waals surface area contributed by atoms with E-state index in [4.69, 9.17) is 4.74 Å². The number of fused-ring (bicyclic) bond motifs is 1. The molecule has 1 N–H and O–H groups in total. The van der Waals surface area contributed by atoms with Crippen molar-refractivity contribution in [3.05, 3.63) is 35.4 Å². The lowest BCUT2D eigenvalue weighted by Gasteiger charge is -2.30. The summed E-state index contributed by atoms with van der Waals surface area (Å²) in [5.41, 5.74) is 1.17. The molecule has 104 valence electrons. The Kier molecular flexibility index (Phi) is 3.68. The monoisotopic (exact) mass is 262 g/mol. The molecule has 0 radical (unpaired) electrons. The van der Waals surface area contributed by atoms with Gasteiger partial charge in [-0.25, -0.2) is 0 Å². The second-order valence-corrected chi connectivity index (χ2v) is 6.01. The molecule has 0 aliphatic heterocycles. The van der Waals surface area contributed by atoms with Crippen molar-refractivity contribution < 1.29 is 14.6 Å². The summed E-state index contributed by atoms with van der Waals surface area (Å²) in [5.74, 6) is -0.704. The highest BCUT2D eigenvalue weighted by Gasteiger charge is 2.45. The smallest absolute Gasteiger partial charge is 0.314 e. The van der Waals surface area contributed by atoms with Crippen LogP contribution < -0.4 is 0 Å². The molecule has 0 amide bonds. The second kappa shape index (κ2) is 4.97. The fourth-order valence-electron chi connectivity index (χ4n) is 2.89. The van der Waals surface area contributed by atoms with Crippen molar-refractivity contribution in [1.29, 1.82) is 0 Å². The maximum atomic E-state index is 11.9. The minimum absolute atomic E-state index is 0.278. The minimum atomic E-state index is -0.730. The minimum Gasteiger partial charge on any atom is -0.481 e. The van der Waals surface area contributed by atoms with Crippen molar-refractivity contribution in [2.24, 2.45) is 0 Å². The van der Waals surface area contributed by atoms with E-state index in [1.807, 2.05) is 38.1 Å². The quantitative estimate of drug-likeness (QED) is 0.886. The van der Waals surface area contributed by atoms with Crippen LogP contribution >= 0.6 is 0 Å². The van der Waals surface area contributed by atoms with Crippen molar-refractivity contribution in [2.45, 2.75) is 50.5 Å². The average Bonchev–Trinajstić information content (AvgIpc) is 2.77. The van der Waals surface area contributed by atoms with Crippen molar-refractivity contribution >= 4 is 5.97 Å². The molecule has 1 aliphatic carbocycles. The lowest BCUT2D eigenvalue weighted by molar-refractivity contribution is -0.144. The second-order valence-electron chi connectivity index (χ2n) is 6.01. The van der Waals surface area contributed by atoms with E-state index in [-0.39, 0.29) is 5.60 Å². The molecule has 3 nitrogen and oxygen atoms in total. The summed E-state index contributed by atoms with van der Waals surface area (Å²) in [6.07, 6.45) is 2.92. The number of hydrogen-bond acceptors (Lipinski definition) is 2. The van der Waals surface area contributed by atoms with Gasteiger partial charge in [0.05, 0.1) is 11.0 Å². The van der Waals surface area contributed by atoms with E-state index in [9.17, 15) is 9.90 Å². The molecule has 0 saturated heterocycles. The first-order chi connectivity index (χ1) is 8.91. The van der Waals surface area contributed by atoms with Gasteiger partial charge in [-0.15, -0.1) is 0 Å². The van der Waals surface area contributed by atoms with Gasteiger partial charge in [0, 0.05) is 7.11 Å². The van der Waals surface area contributed by atoms with Crippen LogP contribution in [0.4, 0.5) is 0 Å². The van der Waals surface area contributed by atoms with Crippen LogP contribution in [0, 0.1) is 0 Å². The Balaban J connectivity index is 2.29. The molecule has 3 heteroatoms. The third kappa shape index (κ3) is 2.52. The molecular weight excluding hydrogens is 240 g/mol. The van der Waals surface area contributed by atoms with E-state index in [0.29, 0.717) is 12.8 Å². The van der Waals surface area contributed by atoms with E-state index in [0.717, 1.165) is 18.4 Å². The fraction of sp³-hybridized carbons (Fsp3) is 0.562. The van der Waals surface area contributed by atoms with Crippen LogP contribution in [0.15, 0.2) is 24.3 Å². The Morgan fingerprint density at radius 2 is 2.11 bits per heavy atom. The first-order valence-electron chi connectivity index (χ1n) is 6.78. The van der Waals surface area contributed by atoms with Crippen LogP contribution in [-0.2, 0) is 21.4 Å². The number of benzene rings is 1. The van der Waals surface area contributed by atoms with E-state index >= 15 is 0 Å². The molecule has 0 spiro atoms. The summed E-state index contributed by atoms with van der Waals surface area (Å²) in [4.78, 5) is 11.9. The van der Waals surface area contributed by atoms with Gasteiger partial charge in [0.15, 0.2) is 0 Å². The van der Waals surface area contributed by atoms with Crippen LogP contribution in [0.2, 0.25) is 0 Å². The fourth-order valence-corrected chi connectivity index (χ4v) is 2.89. The zero-order valence-corrected chi connectivity index (χ0v) is 11.9. The molecule has 1 aliphatic rings. The van der Waals surface area contributed by atoms with Gasteiger partial charge in [0.25, 0.3) is 0 Å². The number of ether oxygens (including phenoxy) is 1. The molecule has 0 bridgehead atoms. The summed E-state index contributed by atoms with van der Waals surface area (Å²) in [6, 6.07) is 7.93. The van der Waals surface area contributed by atoms with Gasteiger partial charge in [-0.2, -0.15) is 0 Å². The van der Waals surface area contributed by atoms with Gasteiger partial charge in [-0.3, -0.25) is 4.79 Å². The van der Waals surface area contributed by atoms with Crippen LogP contribution in [-0.4, -0.2) is 23.8 Å². The standard InChI is InChI=1S/C16H22O3/c1-15(2,19-3)10-11-16(14(17)18)9-8-12-6-4-5-7-13(12)16/h4-7H,8-11H2,1-3H3,(H,17,18). The van der Waals surface area contributed by atoms with Gasteiger partial charge >= 0.3 is 5.97 Å². The number of aliphatic carboxylic acids is 1. The predicted molar refractivity (Wildman–Crippen MR) is 74.4 cm³/mol. The first-order valence-corrected chi connectivity index (χ1v) is 6.78. The number of rotatable bonds is 5. The molecule has 0 aromatic heterocycles. The molecular formula is C16H22O3. The SMILES string of the molecule is COC(C)(C)CCC1(C(=O)O)CCc2ccccc21. The molecule has 0 saturated carbocycles. The number of carboxylic acid groups (broad SMARTS) is 1. The highest BCUT2D eigenvalue weighted by molar-refractivity contribution is 5.83. The topological polar surface area (TPSA) is 46.5 Å². The van der Waals surface area contributed by atoms with E-state index in [2.05, 4.69) is 0 Å². The molecule has 2 rings (SSSR count). The lowest BCUT2D eigenvalue weighted by Crippen LogP contribution is -2.36. The van der Waals surface area contributed by atoms with E-state index in [1.165, 1.54) is 5.56 Å². The normalized spacial score (nSPS) is 22.3. The zero-order valence-electron chi connectivity index (χ0n) is 11.9. The Labute approximate surface area is 114 Å². The largest absolute Gasteiger partial charge is 0.481 e. The molecule has 1 unspecified atom stereocenters. The highest BCUT2D eigenvalue weighted by Crippen LogP contribution is 2.43. The van der Waals surface area contributed by atoms with Crippen LogP contribution in [0.3, 0.4) is 0 Å². The summed E-state index contributed by atoms with van der Waals surface area (Å²) >= 11 is 0. The molecule has 19 heavy (non-hydrogen) atoms. The van der Waals surface area contributed by atoms with Gasteiger partial charge in [-0.05, 0) is 50.7 Å². The van der Waals surface area contributed by atoms with Crippen LogP contribution in [0.5, 0.6) is 0 Å². The number of hydrogen-bond donors (Lipinski definition) is 1. The Bertz CT molecular complexity index is 479. The Hall–Kier alpha value is -1.35. The maximum absolute atomic E-state index is 11.9.